The van der Waals surface area contributed by atoms with Crippen molar-refractivity contribution >= 4 is 31.1 Å². The molecule has 1 unspecified atom stereocenters. The Morgan fingerprint density at radius 3 is 2.45 bits per heavy atom. The summed E-state index contributed by atoms with van der Waals surface area (Å²) < 4.78 is 7.65. The van der Waals surface area contributed by atoms with E-state index in [-0.39, 0.29) is 23.9 Å². The molecule has 1 heterocycles. The molecular weight excluding hydrogens is 416 g/mol. The highest BCUT2D eigenvalue weighted by Crippen LogP contribution is 2.36. The number of benzene rings is 1. The minimum absolute atomic E-state index is 0.00178. The van der Waals surface area contributed by atoms with Crippen LogP contribution in [0.5, 0.6) is 0 Å². The second-order valence-electron chi connectivity index (χ2n) is 9.34. The maximum Gasteiger partial charge on any atom is 0.323 e. The molecule has 0 aliphatic carbocycles. The van der Waals surface area contributed by atoms with Crippen LogP contribution in [0.1, 0.15) is 39.6 Å². The molecule has 2 atom stereocenters. The largest absolute Gasteiger partial charge is 0.480 e. The SMILES string of the molecule is C[C@H](CO[Si](C)(C)C(C)(C)C)N(CC(=O)O)C(=O)Cn1nc(C(N)O)c2ccccc21. The van der Waals surface area contributed by atoms with Gasteiger partial charge in [-0.05, 0) is 31.1 Å². The molecule has 0 aliphatic rings. The number of hydrogen-bond acceptors (Lipinski definition) is 6. The highest BCUT2D eigenvalue weighted by Gasteiger charge is 2.38. The Morgan fingerprint density at radius 2 is 1.90 bits per heavy atom. The van der Waals surface area contributed by atoms with Gasteiger partial charge in [0, 0.05) is 5.39 Å². The van der Waals surface area contributed by atoms with Gasteiger partial charge in [0.1, 0.15) is 25.0 Å². The maximum atomic E-state index is 13.1. The number of para-hydroxylation sites is 1. The fourth-order valence-electron chi connectivity index (χ4n) is 2.98. The molecule has 10 heteroatoms. The van der Waals surface area contributed by atoms with Crippen molar-refractivity contribution in [2.45, 2.75) is 64.6 Å². The number of nitrogens with two attached hydrogens (primary N) is 1. The summed E-state index contributed by atoms with van der Waals surface area (Å²) in [4.78, 5) is 25.8. The van der Waals surface area contributed by atoms with E-state index in [4.69, 9.17) is 10.2 Å². The van der Waals surface area contributed by atoms with Crippen LogP contribution in [0.3, 0.4) is 0 Å². The first-order valence-electron chi connectivity index (χ1n) is 10.3. The van der Waals surface area contributed by atoms with E-state index in [9.17, 15) is 19.8 Å². The second kappa shape index (κ2) is 9.47. The molecule has 4 N–H and O–H groups in total. The third-order valence-corrected chi connectivity index (χ3v) is 10.4. The number of aliphatic hydroxyl groups excluding tert-OH is 1. The Bertz CT molecular complexity index is 935. The van der Waals surface area contributed by atoms with Gasteiger partial charge in [-0.1, -0.05) is 39.0 Å². The van der Waals surface area contributed by atoms with Crippen LogP contribution in [0.25, 0.3) is 10.9 Å². The Labute approximate surface area is 183 Å². The zero-order valence-corrected chi connectivity index (χ0v) is 20.1. The average Bonchev–Trinajstić information content (AvgIpc) is 3.02. The number of rotatable bonds is 9. The number of hydrogen-bond donors (Lipinski definition) is 3. The highest BCUT2D eigenvalue weighted by molar-refractivity contribution is 6.74. The highest BCUT2D eigenvalue weighted by atomic mass is 28.4. The summed E-state index contributed by atoms with van der Waals surface area (Å²) in [6, 6.07) is 6.69. The van der Waals surface area contributed by atoms with Gasteiger partial charge in [-0.25, -0.2) is 0 Å². The van der Waals surface area contributed by atoms with Crippen molar-refractivity contribution in [1.29, 1.82) is 0 Å². The fourth-order valence-corrected chi connectivity index (χ4v) is 4.07. The van der Waals surface area contributed by atoms with Crippen molar-refractivity contribution in [3.05, 3.63) is 30.0 Å². The average molecular weight is 451 g/mol. The molecule has 2 aromatic rings. The van der Waals surface area contributed by atoms with Gasteiger partial charge >= 0.3 is 5.97 Å². The number of carbonyl (C=O) groups is 2. The van der Waals surface area contributed by atoms with Crippen LogP contribution in [-0.4, -0.2) is 64.3 Å². The number of aliphatic carboxylic acids is 1. The summed E-state index contributed by atoms with van der Waals surface area (Å²) in [5, 5.41) is 24.1. The molecule has 0 radical (unpaired) electrons. The van der Waals surface area contributed by atoms with Gasteiger partial charge in [-0.3, -0.25) is 14.3 Å². The van der Waals surface area contributed by atoms with Crippen LogP contribution in [0.15, 0.2) is 24.3 Å². The van der Waals surface area contributed by atoms with Crippen LogP contribution < -0.4 is 5.73 Å². The topological polar surface area (TPSA) is 131 Å². The quantitative estimate of drug-likeness (QED) is 0.395. The standard InChI is InChI=1S/C21H34N4O5Si/c1-14(13-30-31(5,6)21(2,3)4)24(12-18(27)28)17(26)11-25-16-10-8-7-9-15(16)19(23-25)20(22)29/h7-10,14,20,29H,11-13,22H2,1-6H3,(H,27,28)/t14-,20?/m1/s1. The molecule has 0 aliphatic heterocycles. The molecule has 1 aromatic heterocycles. The number of fused-ring (bicyclic) bond motifs is 1. The van der Waals surface area contributed by atoms with Gasteiger partial charge in [0.15, 0.2) is 8.32 Å². The summed E-state index contributed by atoms with van der Waals surface area (Å²) in [5.74, 6) is -1.50. The third kappa shape index (κ3) is 5.91. The zero-order valence-electron chi connectivity index (χ0n) is 19.1. The van der Waals surface area contributed by atoms with E-state index in [0.717, 1.165) is 0 Å². The molecule has 0 spiro atoms. The monoisotopic (exact) mass is 450 g/mol. The minimum Gasteiger partial charge on any atom is -0.480 e. The fraction of sp³-hybridized carbons (Fsp3) is 0.571. The van der Waals surface area contributed by atoms with Gasteiger partial charge in [-0.2, -0.15) is 5.10 Å². The van der Waals surface area contributed by atoms with Gasteiger partial charge in [-0.15, -0.1) is 0 Å². The first kappa shape index (κ1) is 25.0. The first-order valence-corrected chi connectivity index (χ1v) is 13.2. The molecule has 0 bridgehead atoms. The van der Waals surface area contributed by atoms with Crippen molar-refractivity contribution in [3.8, 4) is 0 Å². The normalized spacial score (nSPS) is 14.5. The summed E-state index contributed by atoms with van der Waals surface area (Å²) in [7, 11) is -2.05. The zero-order chi connectivity index (χ0) is 23.6. The van der Waals surface area contributed by atoms with Crippen LogP contribution in [0.4, 0.5) is 0 Å². The number of carboxylic acid groups (broad SMARTS) is 1. The summed E-state index contributed by atoms with van der Waals surface area (Å²) in [5.41, 5.74) is 6.51. The van der Waals surface area contributed by atoms with Gasteiger partial charge in [0.05, 0.1) is 18.2 Å². The van der Waals surface area contributed by atoms with Crippen molar-refractivity contribution in [1.82, 2.24) is 14.7 Å². The Balaban J connectivity index is 2.24. The van der Waals surface area contributed by atoms with E-state index >= 15 is 0 Å². The number of amides is 1. The molecule has 31 heavy (non-hydrogen) atoms. The molecular formula is C21H34N4O5Si. The molecule has 9 nitrogen and oxygen atoms in total. The van der Waals surface area contributed by atoms with E-state index in [2.05, 4.69) is 39.0 Å². The molecule has 172 valence electrons. The van der Waals surface area contributed by atoms with Gasteiger partial charge < -0.3 is 25.3 Å². The number of nitrogens with zero attached hydrogens (tertiary/aromatic N) is 3. The van der Waals surface area contributed by atoms with Crippen molar-refractivity contribution in [3.63, 3.8) is 0 Å². The van der Waals surface area contributed by atoms with Crippen LogP contribution in [0.2, 0.25) is 18.1 Å². The Hall–Kier alpha value is -2.27. The van der Waals surface area contributed by atoms with Gasteiger partial charge in [0.25, 0.3) is 0 Å². The molecule has 0 saturated carbocycles. The van der Waals surface area contributed by atoms with Crippen molar-refractivity contribution in [2.75, 3.05) is 13.2 Å². The summed E-state index contributed by atoms with van der Waals surface area (Å²) in [6.45, 7) is 12.0. The van der Waals surface area contributed by atoms with Crippen LogP contribution in [0, 0.1) is 0 Å². The maximum absolute atomic E-state index is 13.1. The Morgan fingerprint density at radius 1 is 1.29 bits per heavy atom. The predicted octanol–water partition coefficient (Wildman–Crippen LogP) is 2.31. The molecule has 1 amide bonds. The smallest absolute Gasteiger partial charge is 0.323 e. The van der Waals surface area contributed by atoms with E-state index in [0.29, 0.717) is 10.9 Å². The van der Waals surface area contributed by atoms with Crippen LogP contribution in [-0.2, 0) is 20.6 Å². The number of aromatic nitrogens is 2. The first-order chi connectivity index (χ1) is 14.2. The minimum atomic E-state index is -2.05. The molecule has 0 saturated heterocycles. The summed E-state index contributed by atoms with van der Waals surface area (Å²) >= 11 is 0. The Kier molecular flexibility index (Phi) is 7.64. The predicted molar refractivity (Wildman–Crippen MR) is 121 cm³/mol. The van der Waals surface area contributed by atoms with E-state index in [1.807, 2.05) is 0 Å². The third-order valence-electron chi connectivity index (χ3n) is 5.90. The van der Waals surface area contributed by atoms with E-state index < -0.39 is 39.0 Å². The van der Waals surface area contributed by atoms with E-state index in [1.165, 1.54) is 9.58 Å². The lowest BCUT2D eigenvalue weighted by Gasteiger charge is -2.38. The van der Waals surface area contributed by atoms with Crippen LogP contribution >= 0.6 is 0 Å². The second-order valence-corrected chi connectivity index (χ2v) is 14.1. The summed E-state index contributed by atoms with van der Waals surface area (Å²) in [6.07, 6.45) is -1.28. The number of aliphatic hydroxyl groups is 1. The molecule has 0 fully saturated rings. The van der Waals surface area contributed by atoms with Crippen molar-refractivity contribution in [2.24, 2.45) is 5.73 Å². The molecule has 2 rings (SSSR count). The van der Waals surface area contributed by atoms with Crippen molar-refractivity contribution < 1.29 is 24.2 Å². The lowest BCUT2D eigenvalue weighted by molar-refractivity contribution is -0.146. The van der Waals surface area contributed by atoms with E-state index in [1.54, 1.807) is 31.2 Å². The molecule has 1 aromatic carbocycles. The number of carbonyl (C=O) groups excluding carboxylic acids is 1. The lowest BCUT2D eigenvalue weighted by Crippen LogP contribution is -2.49. The number of carboxylic acids is 1. The van der Waals surface area contributed by atoms with Gasteiger partial charge in [0.2, 0.25) is 5.91 Å². The lowest BCUT2D eigenvalue weighted by atomic mass is 10.2.